The fourth-order valence-electron chi connectivity index (χ4n) is 3.89. The Kier molecular flexibility index (Phi) is 3.33. The van der Waals surface area contributed by atoms with Crippen LogP contribution in [0.15, 0.2) is 24.3 Å². The maximum Gasteiger partial charge on any atom is 0.198 e. The van der Waals surface area contributed by atoms with Crippen LogP contribution in [0.2, 0.25) is 0 Å². The molecule has 0 unspecified atom stereocenters. The lowest BCUT2D eigenvalue weighted by Crippen LogP contribution is -2.42. The Labute approximate surface area is 148 Å². The highest BCUT2D eigenvalue weighted by Gasteiger charge is 2.43. The molecule has 6 nitrogen and oxygen atoms in total. The largest absolute Gasteiger partial charge is 0.507 e. The molecule has 0 aromatic heterocycles. The molecule has 0 amide bonds. The number of carbonyl (C=O) groups excluding carboxylic acids is 3. The highest BCUT2D eigenvalue weighted by molar-refractivity contribution is 6.30. The third kappa shape index (κ3) is 1.99. The van der Waals surface area contributed by atoms with E-state index in [4.69, 9.17) is 0 Å². The molecule has 0 bridgehead atoms. The van der Waals surface area contributed by atoms with Gasteiger partial charge in [-0.2, -0.15) is 0 Å². The first-order chi connectivity index (χ1) is 12.3. The van der Waals surface area contributed by atoms with Crippen molar-refractivity contribution in [2.45, 2.75) is 31.8 Å². The van der Waals surface area contributed by atoms with Crippen molar-refractivity contribution >= 4 is 17.3 Å². The SMILES string of the molecule is CC(=O)[C@@]1(O)CCc2c(O)c3c(c(O)c2C1)C(=O)c1ccccc1C3=O. The average Bonchev–Trinajstić information content (AvgIpc) is 2.62. The van der Waals surface area contributed by atoms with Crippen molar-refractivity contribution in [2.24, 2.45) is 0 Å². The molecule has 0 saturated carbocycles. The minimum Gasteiger partial charge on any atom is -0.507 e. The predicted molar refractivity (Wildman–Crippen MR) is 90.7 cm³/mol. The second-order valence-electron chi connectivity index (χ2n) is 6.87. The molecule has 1 atom stereocenters. The van der Waals surface area contributed by atoms with Gasteiger partial charge in [-0.3, -0.25) is 14.4 Å². The lowest BCUT2D eigenvalue weighted by atomic mass is 9.73. The Morgan fingerprint density at radius 1 is 0.962 bits per heavy atom. The predicted octanol–water partition coefficient (Wildman–Crippen LogP) is 1.68. The molecule has 0 radical (unpaired) electrons. The Bertz CT molecular complexity index is 1020. The number of carbonyl (C=O) groups is 3. The monoisotopic (exact) mass is 352 g/mol. The second kappa shape index (κ2) is 5.25. The quantitative estimate of drug-likeness (QED) is 0.575. The van der Waals surface area contributed by atoms with Gasteiger partial charge in [-0.25, -0.2) is 0 Å². The van der Waals surface area contributed by atoms with Crippen molar-refractivity contribution in [2.75, 3.05) is 0 Å². The van der Waals surface area contributed by atoms with Crippen LogP contribution in [0.5, 0.6) is 11.5 Å². The highest BCUT2D eigenvalue weighted by Crippen LogP contribution is 2.47. The molecule has 132 valence electrons. The van der Waals surface area contributed by atoms with E-state index in [1.807, 2.05) is 0 Å². The van der Waals surface area contributed by atoms with E-state index in [-0.39, 0.29) is 52.8 Å². The van der Waals surface area contributed by atoms with Crippen LogP contribution in [0, 0.1) is 0 Å². The zero-order valence-electron chi connectivity index (χ0n) is 14.0. The van der Waals surface area contributed by atoms with Gasteiger partial charge in [-0.1, -0.05) is 24.3 Å². The lowest BCUT2D eigenvalue weighted by molar-refractivity contribution is -0.136. The van der Waals surface area contributed by atoms with Crippen molar-refractivity contribution < 1.29 is 29.7 Å². The molecule has 0 aliphatic heterocycles. The van der Waals surface area contributed by atoms with Crippen molar-refractivity contribution in [1.29, 1.82) is 0 Å². The first kappa shape index (κ1) is 16.5. The number of fused-ring (bicyclic) bond motifs is 3. The number of phenolic OH excluding ortho intramolecular Hbond substituents is 2. The summed E-state index contributed by atoms with van der Waals surface area (Å²) in [6, 6.07) is 6.22. The fourth-order valence-corrected chi connectivity index (χ4v) is 3.89. The number of aromatic hydroxyl groups is 2. The van der Waals surface area contributed by atoms with Gasteiger partial charge in [0, 0.05) is 28.7 Å². The van der Waals surface area contributed by atoms with Crippen LogP contribution >= 0.6 is 0 Å². The molecule has 0 fully saturated rings. The zero-order chi connectivity index (χ0) is 18.8. The normalized spacial score (nSPS) is 21.0. The lowest BCUT2D eigenvalue weighted by Gasteiger charge is -2.33. The summed E-state index contributed by atoms with van der Waals surface area (Å²) < 4.78 is 0. The number of hydrogen-bond donors (Lipinski definition) is 3. The van der Waals surface area contributed by atoms with E-state index in [0.29, 0.717) is 5.56 Å². The van der Waals surface area contributed by atoms with Crippen molar-refractivity contribution in [3.63, 3.8) is 0 Å². The van der Waals surface area contributed by atoms with E-state index in [9.17, 15) is 29.7 Å². The van der Waals surface area contributed by atoms with Crippen LogP contribution in [0.4, 0.5) is 0 Å². The second-order valence-corrected chi connectivity index (χ2v) is 6.87. The third-order valence-electron chi connectivity index (χ3n) is 5.44. The van der Waals surface area contributed by atoms with E-state index in [1.54, 1.807) is 12.1 Å². The van der Waals surface area contributed by atoms with Gasteiger partial charge in [0.2, 0.25) is 0 Å². The summed E-state index contributed by atoms with van der Waals surface area (Å²) in [5.74, 6) is -2.35. The summed E-state index contributed by atoms with van der Waals surface area (Å²) in [6.07, 6.45) is -0.0332. The fraction of sp³-hybridized carbons (Fsp3) is 0.250. The standard InChI is InChI=1S/C20H16O6/c1-9(21)20(26)7-6-12-13(8-20)19(25)15-14(18(12)24)16(22)10-4-2-3-5-11(10)17(15)23/h2-5,24-26H,6-8H2,1H3/t20-/m1/s1. The molecule has 2 aliphatic rings. The van der Waals surface area contributed by atoms with Gasteiger partial charge in [-0.05, 0) is 19.8 Å². The van der Waals surface area contributed by atoms with Crippen LogP contribution in [0.3, 0.4) is 0 Å². The Morgan fingerprint density at radius 2 is 1.46 bits per heavy atom. The number of Topliss-reactive ketones (excluding diaryl/α,β-unsaturated/α-hetero) is 1. The molecular formula is C20H16O6. The van der Waals surface area contributed by atoms with Gasteiger partial charge in [-0.15, -0.1) is 0 Å². The average molecular weight is 352 g/mol. The van der Waals surface area contributed by atoms with Crippen molar-refractivity contribution in [3.05, 3.63) is 57.6 Å². The number of rotatable bonds is 1. The van der Waals surface area contributed by atoms with Gasteiger partial charge in [0.15, 0.2) is 17.3 Å². The van der Waals surface area contributed by atoms with Crippen LogP contribution in [0.1, 0.15) is 56.3 Å². The van der Waals surface area contributed by atoms with E-state index in [1.165, 1.54) is 19.1 Å². The van der Waals surface area contributed by atoms with E-state index >= 15 is 0 Å². The molecule has 6 heteroatoms. The Hall–Kier alpha value is -2.99. The molecule has 2 aliphatic carbocycles. The summed E-state index contributed by atoms with van der Waals surface area (Å²) in [5.41, 5.74) is -1.37. The minimum atomic E-state index is -1.66. The smallest absolute Gasteiger partial charge is 0.198 e. The van der Waals surface area contributed by atoms with E-state index in [0.717, 1.165) is 0 Å². The molecule has 2 aromatic carbocycles. The number of ketones is 3. The highest BCUT2D eigenvalue weighted by atomic mass is 16.3. The van der Waals surface area contributed by atoms with Crippen LogP contribution < -0.4 is 0 Å². The van der Waals surface area contributed by atoms with Gasteiger partial charge in [0.25, 0.3) is 0 Å². The number of phenols is 2. The summed E-state index contributed by atoms with van der Waals surface area (Å²) in [6.45, 7) is 1.26. The molecule has 0 heterocycles. The molecule has 26 heavy (non-hydrogen) atoms. The van der Waals surface area contributed by atoms with Gasteiger partial charge >= 0.3 is 0 Å². The molecular weight excluding hydrogens is 336 g/mol. The van der Waals surface area contributed by atoms with Gasteiger partial charge in [0.05, 0.1) is 11.1 Å². The summed E-state index contributed by atoms with van der Waals surface area (Å²) in [4.78, 5) is 37.5. The van der Waals surface area contributed by atoms with Crippen molar-refractivity contribution in [1.82, 2.24) is 0 Å². The first-order valence-electron chi connectivity index (χ1n) is 8.27. The van der Waals surface area contributed by atoms with E-state index < -0.39 is 28.7 Å². The van der Waals surface area contributed by atoms with Crippen molar-refractivity contribution in [3.8, 4) is 11.5 Å². The maximum atomic E-state index is 12.9. The molecule has 4 rings (SSSR count). The topological polar surface area (TPSA) is 112 Å². The Morgan fingerprint density at radius 3 is 1.96 bits per heavy atom. The number of benzene rings is 2. The third-order valence-corrected chi connectivity index (χ3v) is 5.44. The van der Waals surface area contributed by atoms with E-state index in [2.05, 4.69) is 0 Å². The van der Waals surface area contributed by atoms with Gasteiger partial charge in [0.1, 0.15) is 17.1 Å². The van der Waals surface area contributed by atoms with Crippen LogP contribution in [-0.4, -0.2) is 38.3 Å². The first-order valence-corrected chi connectivity index (χ1v) is 8.27. The molecule has 0 saturated heterocycles. The summed E-state index contributed by atoms with van der Waals surface area (Å²) >= 11 is 0. The molecule has 3 N–H and O–H groups in total. The Balaban J connectivity index is 2.00. The van der Waals surface area contributed by atoms with Crippen LogP contribution in [0.25, 0.3) is 0 Å². The zero-order valence-corrected chi connectivity index (χ0v) is 14.0. The van der Waals surface area contributed by atoms with Gasteiger partial charge < -0.3 is 15.3 Å². The maximum absolute atomic E-state index is 12.9. The van der Waals surface area contributed by atoms with Crippen LogP contribution in [-0.2, 0) is 17.6 Å². The number of aliphatic hydroxyl groups is 1. The summed E-state index contributed by atoms with van der Waals surface area (Å²) in [5, 5.41) is 31.9. The molecule has 2 aromatic rings. The summed E-state index contributed by atoms with van der Waals surface area (Å²) in [7, 11) is 0. The number of hydrogen-bond acceptors (Lipinski definition) is 6. The minimum absolute atomic E-state index is 0.0693. The molecule has 0 spiro atoms.